The van der Waals surface area contributed by atoms with Gasteiger partial charge in [-0.15, -0.1) is 0 Å². The fraction of sp³-hybridized carbons (Fsp3) is 0.167. The highest BCUT2D eigenvalue weighted by molar-refractivity contribution is 5.97. The van der Waals surface area contributed by atoms with Crippen LogP contribution in [0.4, 0.5) is 0 Å². The second-order valence-corrected chi connectivity index (χ2v) is 3.89. The van der Waals surface area contributed by atoms with Crippen LogP contribution in [0.5, 0.6) is 5.75 Å². The Morgan fingerprint density at radius 2 is 2.22 bits per heavy atom. The predicted molar refractivity (Wildman–Crippen MR) is 68.8 cm³/mol. The van der Waals surface area contributed by atoms with Crippen LogP contribution in [0.3, 0.4) is 0 Å². The van der Waals surface area contributed by atoms with Crippen molar-refractivity contribution in [3.8, 4) is 5.75 Å². The smallest absolute Gasteiger partial charge is 0.130 e. The fourth-order valence-electron chi connectivity index (χ4n) is 1.80. The van der Waals surface area contributed by atoms with E-state index in [1.54, 1.807) is 24.7 Å². The summed E-state index contributed by atoms with van der Waals surface area (Å²) in [5.41, 5.74) is 7.39. The Bertz CT molecular complexity index is 537. The van der Waals surface area contributed by atoms with Gasteiger partial charge in [0.1, 0.15) is 11.6 Å². The molecule has 1 heterocycles. The lowest BCUT2D eigenvalue weighted by atomic mass is 9.95. The summed E-state index contributed by atoms with van der Waals surface area (Å²) in [4.78, 5) is 6.96. The fourth-order valence-corrected chi connectivity index (χ4v) is 1.80. The number of hydrogen-bond acceptors (Lipinski definition) is 3. The van der Waals surface area contributed by atoms with E-state index in [1.165, 1.54) is 0 Å². The van der Waals surface area contributed by atoms with Gasteiger partial charge in [0, 0.05) is 23.4 Å². The average molecular weight is 248 g/mol. The first-order chi connectivity index (χ1) is 8.11. The number of phenols is 1. The van der Waals surface area contributed by atoms with Gasteiger partial charge in [-0.05, 0) is 6.07 Å². The molecule has 0 aliphatic rings. The molecular formula is C12H16N4O2. The van der Waals surface area contributed by atoms with Gasteiger partial charge in [0.15, 0.2) is 0 Å². The normalized spacial score (nSPS) is 11.6. The average Bonchev–Trinajstić information content (AvgIpc) is 2.81. The number of nitrogens with one attached hydrogen (secondary N) is 2. The van der Waals surface area contributed by atoms with E-state index in [1.807, 2.05) is 13.0 Å². The first kappa shape index (κ1) is 13.7. The number of nitrogen functional groups attached to an aromatic ring is 1. The molecule has 2 rings (SSSR count). The number of phenolic OH excluding ortho intramolecular Hbond substituents is 1. The molecule has 1 atom stereocenters. The number of H-pyrrole nitrogens is 1. The van der Waals surface area contributed by atoms with Crippen LogP contribution in [0.25, 0.3) is 0 Å². The number of aromatic nitrogens is 2. The predicted octanol–water partition coefficient (Wildman–Crippen LogP) is 0.726. The molecule has 6 nitrogen and oxygen atoms in total. The monoisotopic (exact) mass is 248 g/mol. The number of amidine groups is 1. The molecule has 0 bridgehead atoms. The van der Waals surface area contributed by atoms with E-state index in [4.69, 9.17) is 11.1 Å². The van der Waals surface area contributed by atoms with Crippen molar-refractivity contribution in [2.45, 2.75) is 12.8 Å². The van der Waals surface area contributed by atoms with Gasteiger partial charge < -0.3 is 21.3 Å². The molecule has 0 aliphatic heterocycles. The number of para-hydroxylation sites is 1. The highest BCUT2D eigenvalue weighted by Crippen LogP contribution is 2.32. The van der Waals surface area contributed by atoms with Crippen LogP contribution in [0.1, 0.15) is 29.7 Å². The number of nitrogens with two attached hydrogens (primary N) is 1. The number of aromatic hydroxyl groups is 1. The summed E-state index contributed by atoms with van der Waals surface area (Å²) in [6.45, 7) is 1.95. The van der Waals surface area contributed by atoms with Gasteiger partial charge in [-0.2, -0.15) is 0 Å². The summed E-state index contributed by atoms with van der Waals surface area (Å²) in [7, 11) is 0. The molecule has 1 aromatic carbocycles. The zero-order valence-electron chi connectivity index (χ0n) is 9.94. The van der Waals surface area contributed by atoms with Crippen molar-refractivity contribution in [2.75, 3.05) is 0 Å². The Morgan fingerprint density at radius 1 is 1.50 bits per heavy atom. The molecule has 96 valence electrons. The van der Waals surface area contributed by atoms with Gasteiger partial charge in [-0.1, -0.05) is 19.1 Å². The van der Waals surface area contributed by atoms with Gasteiger partial charge in [0.25, 0.3) is 0 Å². The zero-order valence-corrected chi connectivity index (χ0v) is 9.94. The van der Waals surface area contributed by atoms with Crippen LogP contribution in [0, 0.1) is 5.41 Å². The Hall–Kier alpha value is -2.34. The van der Waals surface area contributed by atoms with Crippen LogP contribution in [0.15, 0.2) is 30.7 Å². The Morgan fingerprint density at radius 3 is 2.78 bits per heavy atom. The largest absolute Gasteiger partial charge is 0.507 e. The SMILES string of the molecule is CC(c1cnc[nH]1)c1cccc(C(=N)N)c1O.O. The minimum atomic E-state index is -0.138. The Balaban J connectivity index is 0.00000162. The van der Waals surface area contributed by atoms with Crippen LogP contribution in [-0.2, 0) is 0 Å². The molecule has 0 spiro atoms. The second kappa shape index (κ2) is 5.33. The summed E-state index contributed by atoms with van der Waals surface area (Å²) < 4.78 is 0. The Labute approximate surface area is 104 Å². The number of rotatable bonds is 3. The highest BCUT2D eigenvalue weighted by Gasteiger charge is 2.16. The van der Waals surface area contributed by atoms with Crippen LogP contribution < -0.4 is 5.73 Å². The molecule has 0 saturated heterocycles. The lowest BCUT2D eigenvalue weighted by Crippen LogP contribution is -2.12. The first-order valence-corrected chi connectivity index (χ1v) is 5.25. The molecule has 1 aromatic heterocycles. The summed E-state index contributed by atoms with van der Waals surface area (Å²) in [6.07, 6.45) is 3.31. The molecule has 7 N–H and O–H groups in total. The zero-order chi connectivity index (χ0) is 12.4. The lowest BCUT2D eigenvalue weighted by Gasteiger charge is -2.14. The molecule has 18 heavy (non-hydrogen) atoms. The molecule has 1 unspecified atom stereocenters. The maximum Gasteiger partial charge on any atom is 0.130 e. The van der Waals surface area contributed by atoms with Crippen molar-refractivity contribution in [3.05, 3.63) is 47.5 Å². The van der Waals surface area contributed by atoms with Gasteiger partial charge in [0.2, 0.25) is 0 Å². The van der Waals surface area contributed by atoms with E-state index < -0.39 is 0 Å². The van der Waals surface area contributed by atoms with E-state index in [2.05, 4.69) is 9.97 Å². The molecule has 2 aromatic rings. The maximum absolute atomic E-state index is 10.1. The number of imidazole rings is 1. The van der Waals surface area contributed by atoms with Gasteiger partial charge in [-0.25, -0.2) is 4.98 Å². The van der Waals surface area contributed by atoms with Gasteiger partial charge >= 0.3 is 0 Å². The van der Waals surface area contributed by atoms with E-state index in [-0.39, 0.29) is 23.0 Å². The van der Waals surface area contributed by atoms with Crippen molar-refractivity contribution >= 4 is 5.84 Å². The van der Waals surface area contributed by atoms with E-state index in [0.29, 0.717) is 5.56 Å². The van der Waals surface area contributed by atoms with Crippen LogP contribution in [0.2, 0.25) is 0 Å². The van der Waals surface area contributed by atoms with E-state index >= 15 is 0 Å². The van der Waals surface area contributed by atoms with Crippen LogP contribution in [-0.4, -0.2) is 26.4 Å². The van der Waals surface area contributed by atoms with Crippen molar-refractivity contribution < 1.29 is 10.6 Å². The third kappa shape index (κ3) is 2.33. The van der Waals surface area contributed by atoms with Crippen molar-refractivity contribution in [2.24, 2.45) is 5.73 Å². The van der Waals surface area contributed by atoms with Gasteiger partial charge in [0.05, 0.1) is 11.9 Å². The quantitative estimate of drug-likeness (QED) is 0.471. The van der Waals surface area contributed by atoms with Crippen molar-refractivity contribution in [3.63, 3.8) is 0 Å². The van der Waals surface area contributed by atoms with E-state index in [0.717, 1.165) is 11.3 Å². The molecule has 0 fully saturated rings. The minimum Gasteiger partial charge on any atom is -0.507 e. The summed E-state index contributed by atoms with van der Waals surface area (Å²) in [6, 6.07) is 5.22. The van der Waals surface area contributed by atoms with Crippen molar-refractivity contribution in [1.82, 2.24) is 9.97 Å². The molecule has 0 saturated carbocycles. The lowest BCUT2D eigenvalue weighted by molar-refractivity contribution is 0.464. The summed E-state index contributed by atoms with van der Waals surface area (Å²) in [5, 5.41) is 17.5. The molecule has 6 heteroatoms. The summed E-state index contributed by atoms with van der Waals surface area (Å²) in [5.74, 6) is -0.111. The molecule has 0 aliphatic carbocycles. The third-order valence-electron chi connectivity index (χ3n) is 2.81. The van der Waals surface area contributed by atoms with E-state index in [9.17, 15) is 5.11 Å². The molecule has 0 radical (unpaired) electrons. The van der Waals surface area contributed by atoms with Gasteiger partial charge in [-0.3, -0.25) is 5.41 Å². The standard InChI is InChI=1S/C12H14N4O.H2O/c1-7(10-5-15-6-16-10)8-3-2-4-9(11(8)17)12(13)14;/h2-7,17H,1H3,(H3,13,14)(H,15,16);1H2. The topological polar surface area (TPSA) is 130 Å². The number of benzene rings is 1. The number of hydrogen-bond donors (Lipinski definition) is 4. The number of aromatic amines is 1. The van der Waals surface area contributed by atoms with Crippen molar-refractivity contribution in [1.29, 1.82) is 5.41 Å². The first-order valence-electron chi connectivity index (χ1n) is 5.25. The summed E-state index contributed by atoms with van der Waals surface area (Å²) >= 11 is 0. The van der Waals surface area contributed by atoms with Crippen LogP contribution >= 0.6 is 0 Å². The molecular weight excluding hydrogens is 232 g/mol. The maximum atomic E-state index is 10.1. The number of nitrogens with zero attached hydrogens (tertiary/aromatic N) is 1. The molecule has 0 amide bonds. The highest BCUT2D eigenvalue weighted by atomic mass is 16.3. The Kier molecular flexibility index (Phi) is 4.06. The third-order valence-corrected chi connectivity index (χ3v) is 2.81. The second-order valence-electron chi connectivity index (χ2n) is 3.89. The minimum absolute atomic E-state index is 0.